The van der Waals surface area contributed by atoms with Crippen LogP contribution >= 0.6 is 0 Å². The van der Waals surface area contributed by atoms with E-state index in [1.54, 1.807) is 49.5 Å². The van der Waals surface area contributed by atoms with Crippen molar-refractivity contribution in [1.82, 2.24) is 5.32 Å². The Hall–Kier alpha value is -3.23. The first-order valence-electron chi connectivity index (χ1n) is 12.3. The van der Waals surface area contributed by atoms with Gasteiger partial charge in [-0.25, -0.2) is 4.79 Å². The Bertz CT molecular complexity index is 995. The molecule has 0 aromatic heterocycles. The monoisotopic (exact) mass is 508 g/mol. The van der Waals surface area contributed by atoms with Crippen molar-refractivity contribution in [1.29, 1.82) is 0 Å². The van der Waals surface area contributed by atoms with E-state index >= 15 is 0 Å². The third kappa shape index (κ3) is 10.2. The Balaban J connectivity index is 2.17. The van der Waals surface area contributed by atoms with Crippen molar-refractivity contribution in [3.05, 3.63) is 48.0 Å². The lowest BCUT2D eigenvalue weighted by Crippen LogP contribution is -2.37. The highest BCUT2D eigenvalue weighted by Crippen LogP contribution is 2.34. The van der Waals surface area contributed by atoms with Crippen molar-refractivity contribution < 1.29 is 32.6 Å². The van der Waals surface area contributed by atoms with Gasteiger partial charge in [0.25, 0.3) is 0 Å². The van der Waals surface area contributed by atoms with E-state index in [1.807, 2.05) is 0 Å². The number of aryl methyl sites for hydroxylation is 1. The molecule has 2 aromatic carbocycles. The number of unbranched alkanes of at least 4 members (excludes halogenated alkanes) is 4. The molecule has 0 fully saturated rings. The highest BCUT2D eigenvalue weighted by atomic mass is 19.4. The Morgan fingerprint density at radius 2 is 1.81 bits per heavy atom. The molecule has 0 radical (unpaired) electrons. The zero-order chi connectivity index (χ0) is 26.6. The molecule has 9 heteroatoms. The van der Waals surface area contributed by atoms with Gasteiger partial charge >= 0.3 is 18.2 Å². The van der Waals surface area contributed by atoms with Gasteiger partial charge in [-0.2, -0.15) is 13.2 Å². The van der Waals surface area contributed by atoms with Crippen LogP contribution in [0.2, 0.25) is 0 Å². The van der Waals surface area contributed by atoms with E-state index in [2.05, 4.69) is 12.2 Å². The number of halogens is 3. The summed E-state index contributed by atoms with van der Waals surface area (Å²) < 4.78 is 43.5. The minimum atomic E-state index is -4.35. The van der Waals surface area contributed by atoms with E-state index in [0.717, 1.165) is 25.7 Å². The number of nitrogens with one attached hydrogen (secondary N) is 1. The molecule has 0 atom stereocenters. The molecule has 0 saturated heterocycles. The van der Waals surface area contributed by atoms with E-state index in [9.17, 15) is 22.8 Å². The van der Waals surface area contributed by atoms with Gasteiger partial charge in [-0.05, 0) is 42.2 Å². The molecule has 0 aliphatic heterocycles. The van der Waals surface area contributed by atoms with Crippen LogP contribution in [0.1, 0.15) is 57.4 Å². The Morgan fingerprint density at radius 1 is 1.06 bits per heavy atom. The summed E-state index contributed by atoms with van der Waals surface area (Å²) in [4.78, 5) is 25.0. The van der Waals surface area contributed by atoms with E-state index in [4.69, 9.17) is 9.84 Å². The fourth-order valence-electron chi connectivity index (χ4n) is 3.65. The van der Waals surface area contributed by atoms with Crippen LogP contribution < -0.4 is 15.0 Å². The van der Waals surface area contributed by atoms with Gasteiger partial charge in [0.05, 0.1) is 13.0 Å². The molecule has 2 aromatic rings. The highest BCUT2D eigenvalue weighted by Gasteiger charge is 2.27. The molecule has 198 valence electrons. The smallest absolute Gasteiger partial charge is 0.392 e. The van der Waals surface area contributed by atoms with Crippen molar-refractivity contribution in [2.24, 2.45) is 0 Å². The average Bonchev–Trinajstić information content (AvgIpc) is 2.83. The molecule has 36 heavy (non-hydrogen) atoms. The first-order chi connectivity index (χ1) is 17.1. The fourth-order valence-corrected chi connectivity index (χ4v) is 3.65. The van der Waals surface area contributed by atoms with Crippen LogP contribution in [0, 0.1) is 0 Å². The predicted octanol–water partition coefficient (Wildman–Crippen LogP) is 6.82. The number of hydrogen-bond acceptors (Lipinski definition) is 3. The molecule has 0 aliphatic carbocycles. The van der Waals surface area contributed by atoms with Crippen LogP contribution in [-0.4, -0.2) is 43.5 Å². The maximum absolute atomic E-state index is 12.7. The number of aliphatic carboxylic acids is 1. The fraction of sp³-hybridized carbons (Fsp3) is 0.481. The van der Waals surface area contributed by atoms with Crippen LogP contribution in [0.4, 0.5) is 23.7 Å². The number of urea groups is 1. The van der Waals surface area contributed by atoms with Crippen molar-refractivity contribution in [2.45, 2.75) is 64.5 Å². The molecule has 6 nitrogen and oxygen atoms in total. The maximum Gasteiger partial charge on any atom is 0.392 e. The number of ether oxygens (including phenoxy) is 1. The minimum Gasteiger partial charge on any atom is -0.493 e. The molecule has 2 N–H and O–H groups in total. The number of benzene rings is 2. The van der Waals surface area contributed by atoms with Crippen LogP contribution in [-0.2, 0) is 11.2 Å². The van der Waals surface area contributed by atoms with Gasteiger partial charge in [0, 0.05) is 31.3 Å². The summed E-state index contributed by atoms with van der Waals surface area (Å²) in [5.74, 6) is -0.730. The van der Waals surface area contributed by atoms with Gasteiger partial charge in [0.1, 0.15) is 5.75 Å². The zero-order valence-electron chi connectivity index (χ0n) is 20.9. The number of amides is 2. The number of nitrogens with zero attached hydrogens (tertiary/aromatic N) is 1. The van der Waals surface area contributed by atoms with Crippen molar-refractivity contribution in [3.8, 4) is 16.9 Å². The maximum atomic E-state index is 12.7. The van der Waals surface area contributed by atoms with E-state index in [0.29, 0.717) is 28.9 Å². The Labute approximate surface area is 210 Å². The van der Waals surface area contributed by atoms with Crippen LogP contribution in [0.15, 0.2) is 42.5 Å². The lowest BCUT2D eigenvalue weighted by atomic mass is 10.00. The first-order valence-corrected chi connectivity index (χ1v) is 12.3. The molecule has 0 saturated carbocycles. The van der Waals surface area contributed by atoms with Crippen molar-refractivity contribution in [2.75, 3.05) is 25.1 Å². The number of carbonyl (C=O) groups is 2. The Morgan fingerprint density at radius 3 is 2.50 bits per heavy atom. The molecular weight excluding hydrogens is 473 g/mol. The van der Waals surface area contributed by atoms with E-state index < -0.39 is 25.2 Å². The summed E-state index contributed by atoms with van der Waals surface area (Å²) in [5, 5.41) is 11.9. The van der Waals surface area contributed by atoms with Crippen LogP contribution in [0.5, 0.6) is 5.75 Å². The average molecular weight is 509 g/mol. The number of carbonyl (C=O) groups excluding carboxylic acids is 1. The number of hydrogen-bond donors (Lipinski definition) is 2. The summed E-state index contributed by atoms with van der Waals surface area (Å²) in [6, 6.07) is 11.9. The summed E-state index contributed by atoms with van der Waals surface area (Å²) >= 11 is 0. The second-order valence-electron chi connectivity index (χ2n) is 8.69. The number of anilines is 1. The highest BCUT2D eigenvalue weighted by molar-refractivity contribution is 5.92. The first kappa shape index (κ1) is 29.0. The molecule has 0 aliphatic rings. The van der Waals surface area contributed by atoms with Gasteiger partial charge < -0.3 is 15.2 Å². The molecule has 0 bridgehead atoms. The lowest BCUT2D eigenvalue weighted by molar-refractivity contribution is -0.139. The normalized spacial score (nSPS) is 11.2. The van der Waals surface area contributed by atoms with E-state index in [-0.39, 0.29) is 24.6 Å². The summed E-state index contributed by atoms with van der Waals surface area (Å²) in [6.07, 6.45) is 0.128. The number of carboxylic acids is 1. The molecule has 2 amide bonds. The summed E-state index contributed by atoms with van der Waals surface area (Å²) in [7, 11) is 1.65. The summed E-state index contributed by atoms with van der Waals surface area (Å²) in [5.41, 5.74) is 2.49. The SMILES string of the molecule is CCCCCCCNC(=O)N(C)c1cccc(-c2ccc(CCC(=O)O)cc2OCCC(F)(F)F)c1. The van der Waals surface area contributed by atoms with Gasteiger partial charge in [0.2, 0.25) is 0 Å². The van der Waals surface area contributed by atoms with E-state index in [1.165, 1.54) is 11.3 Å². The van der Waals surface area contributed by atoms with Crippen LogP contribution in [0.25, 0.3) is 11.1 Å². The Kier molecular flexibility index (Phi) is 11.6. The molecule has 0 spiro atoms. The van der Waals surface area contributed by atoms with Crippen molar-refractivity contribution >= 4 is 17.7 Å². The second-order valence-corrected chi connectivity index (χ2v) is 8.69. The summed E-state index contributed by atoms with van der Waals surface area (Å²) in [6.45, 7) is 2.18. The van der Waals surface area contributed by atoms with Crippen LogP contribution in [0.3, 0.4) is 0 Å². The number of rotatable bonds is 14. The zero-order valence-corrected chi connectivity index (χ0v) is 20.9. The topological polar surface area (TPSA) is 78.9 Å². The number of carboxylic acid groups (broad SMARTS) is 1. The van der Waals surface area contributed by atoms with Gasteiger partial charge in [-0.15, -0.1) is 0 Å². The minimum absolute atomic E-state index is 0.102. The van der Waals surface area contributed by atoms with Gasteiger partial charge in [0.15, 0.2) is 0 Å². The molecular formula is C27H35F3N2O4. The van der Waals surface area contributed by atoms with Gasteiger partial charge in [-0.1, -0.05) is 56.9 Å². The van der Waals surface area contributed by atoms with Gasteiger partial charge in [-0.3, -0.25) is 9.69 Å². The lowest BCUT2D eigenvalue weighted by Gasteiger charge is -2.20. The van der Waals surface area contributed by atoms with Crippen molar-refractivity contribution in [3.63, 3.8) is 0 Å². The largest absolute Gasteiger partial charge is 0.493 e. The number of alkyl halides is 3. The molecule has 0 unspecified atom stereocenters. The quantitative estimate of drug-likeness (QED) is 0.275. The molecule has 2 rings (SSSR count). The standard InChI is InChI=1S/C27H35F3N2O4/c1-3-4-5-6-7-16-31-26(35)32(2)22-10-8-9-21(19-22)23-13-11-20(12-14-25(33)34)18-24(23)36-17-15-27(28,29)30/h8-11,13,18-19H,3-7,12,14-17H2,1-2H3,(H,31,35)(H,33,34). The third-order valence-corrected chi connectivity index (χ3v) is 5.72. The predicted molar refractivity (Wildman–Crippen MR) is 135 cm³/mol. The third-order valence-electron chi connectivity index (χ3n) is 5.72. The second kappa shape index (κ2) is 14.4. The molecule has 0 heterocycles.